The Morgan fingerprint density at radius 3 is 2.68 bits per heavy atom. The van der Waals surface area contributed by atoms with Crippen LogP contribution < -0.4 is 9.64 Å². The Hall–Kier alpha value is -2.04. The summed E-state index contributed by atoms with van der Waals surface area (Å²) < 4.78 is 5.83. The number of fused-ring (bicyclic) bond motifs is 1. The molecule has 0 bridgehead atoms. The summed E-state index contributed by atoms with van der Waals surface area (Å²) in [5.74, 6) is -0.601. The standard InChI is InChI=1S/C17H21NO4/c1-10-3-6-14-15(7-10)22-11(2)9-18(14)16(19)12-4-5-13(8-12)17(20)21/h3,6-7,11-13H,4-5,8-9H2,1-2H3,(H,20,21)/t11?,12-,13+/m1/s1. The molecule has 1 aromatic carbocycles. The normalized spacial score (nSPS) is 27.2. The first kappa shape index (κ1) is 14.9. The second kappa shape index (κ2) is 5.63. The van der Waals surface area contributed by atoms with Gasteiger partial charge in [-0.1, -0.05) is 6.07 Å². The monoisotopic (exact) mass is 303 g/mol. The van der Waals surface area contributed by atoms with Gasteiger partial charge in [0, 0.05) is 5.92 Å². The third kappa shape index (κ3) is 2.67. The molecule has 1 heterocycles. The van der Waals surface area contributed by atoms with E-state index in [1.807, 2.05) is 32.0 Å². The lowest BCUT2D eigenvalue weighted by atomic mass is 10.0. The zero-order chi connectivity index (χ0) is 15.9. The van der Waals surface area contributed by atoms with Crippen LogP contribution in [0.1, 0.15) is 31.7 Å². The molecule has 3 rings (SSSR count). The molecule has 0 spiro atoms. The van der Waals surface area contributed by atoms with Crippen molar-refractivity contribution in [3.63, 3.8) is 0 Å². The fourth-order valence-electron chi connectivity index (χ4n) is 3.41. The second-order valence-corrected chi connectivity index (χ2v) is 6.39. The minimum absolute atomic E-state index is 0.0315. The fourth-order valence-corrected chi connectivity index (χ4v) is 3.41. The fraction of sp³-hybridized carbons (Fsp3) is 0.529. The molecule has 0 saturated heterocycles. The Labute approximate surface area is 129 Å². The molecule has 0 aromatic heterocycles. The van der Waals surface area contributed by atoms with E-state index < -0.39 is 5.97 Å². The van der Waals surface area contributed by atoms with Crippen molar-refractivity contribution in [3.8, 4) is 5.75 Å². The predicted octanol–water partition coefficient (Wildman–Crippen LogP) is 2.61. The smallest absolute Gasteiger partial charge is 0.306 e. The number of anilines is 1. The number of aliphatic carboxylic acids is 1. The molecule has 1 aliphatic heterocycles. The first-order valence-corrected chi connectivity index (χ1v) is 7.77. The second-order valence-electron chi connectivity index (χ2n) is 6.39. The highest BCUT2D eigenvalue weighted by atomic mass is 16.5. The molecule has 118 valence electrons. The van der Waals surface area contributed by atoms with E-state index in [4.69, 9.17) is 9.84 Å². The van der Waals surface area contributed by atoms with Crippen LogP contribution in [0.25, 0.3) is 0 Å². The summed E-state index contributed by atoms with van der Waals surface area (Å²) in [7, 11) is 0. The molecule has 5 heteroatoms. The van der Waals surface area contributed by atoms with E-state index >= 15 is 0 Å². The van der Waals surface area contributed by atoms with Crippen LogP contribution in [0.4, 0.5) is 5.69 Å². The maximum atomic E-state index is 12.8. The van der Waals surface area contributed by atoms with E-state index in [1.165, 1.54) is 0 Å². The average Bonchev–Trinajstić information content (AvgIpc) is 2.95. The van der Waals surface area contributed by atoms with Gasteiger partial charge in [-0.3, -0.25) is 9.59 Å². The third-order valence-electron chi connectivity index (χ3n) is 4.57. The number of carbonyl (C=O) groups is 2. The van der Waals surface area contributed by atoms with Crippen molar-refractivity contribution >= 4 is 17.6 Å². The van der Waals surface area contributed by atoms with Crippen LogP contribution in [0.2, 0.25) is 0 Å². The van der Waals surface area contributed by atoms with E-state index in [2.05, 4.69) is 0 Å². The van der Waals surface area contributed by atoms with Crippen molar-refractivity contribution in [3.05, 3.63) is 23.8 Å². The number of carbonyl (C=O) groups excluding carboxylic acids is 1. The molecule has 1 fully saturated rings. The number of nitrogens with zero attached hydrogens (tertiary/aromatic N) is 1. The minimum Gasteiger partial charge on any atom is -0.487 e. The van der Waals surface area contributed by atoms with Gasteiger partial charge in [0.1, 0.15) is 11.9 Å². The van der Waals surface area contributed by atoms with Gasteiger partial charge in [-0.05, 0) is 50.8 Å². The molecule has 5 nitrogen and oxygen atoms in total. The number of carboxylic acid groups (broad SMARTS) is 1. The first-order valence-electron chi connectivity index (χ1n) is 7.77. The molecule has 1 N–H and O–H groups in total. The lowest BCUT2D eigenvalue weighted by molar-refractivity contribution is -0.141. The predicted molar refractivity (Wildman–Crippen MR) is 82.1 cm³/mol. The topological polar surface area (TPSA) is 66.8 Å². The summed E-state index contributed by atoms with van der Waals surface area (Å²) in [6.07, 6.45) is 1.63. The molecule has 1 amide bonds. The number of carboxylic acids is 1. The van der Waals surface area contributed by atoms with Gasteiger partial charge in [-0.2, -0.15) is 0 Å². The zero-order valence-electron chi connectivity index (χ0n) is 12.9. The average molecular weight is 303 g/mol. The molecule has 1 unspecified atom stereocenters. The number of rotatable bonds is 2. The Morgan fingerprint density at radius 1 is 1.27 bits per heavy atom. The van der Waals surface area contributed by atoms with Crippen molar-refractivity contribution in [2.45, 2.75) is 39.2 Å². The van der Waals surface area contributed by atoms with Gasteiger partial charge in [0.05, 0.1) is 18.2 Å². The Bertz CT molecular complexity index is 613. The minimum atomic E-state index is -0.790. The first-order chi connectivity index (χ1) is 10.5. The van der Waals surface area contributed by atoms with Gasteiger partial charge in [-0.15, -0.1) is 0 Å². The molecule has 1 saturated carbocycles. The molecule has 1 aliphatic carbocycles. The van der Waals surface area contributed by atoms with E-state index in [0.29, 0.717) is 25.8 Å². The number of benzene rings is 1. The summed E-state index contributed by atoms with van der Waals surface area (Å²) in [5.41, 5.74) is 1.89. The van der Waals surface area contributed by atoms with E-state index in [-0.39, 0.29) is 23.8 Å². The van der Waals surface area contributed by atoms with Crippen LogP contribution in [0, 0.1) is 18.8 Å². The highest BCUT2D eigenvalue weighted by molar-refractivity contribution is 5.97. The van der Waals surface area contributed by atoms with Crippen LogP contribution in [0.5, 0.6) is 5.75 Å². The summed E-state index contributed by atoms with van der Waals surface area (Å²) in [5, 5.41) is 9.11. The van der Waals surface area contributed by atoms with Crippen molar-refractivity contribution in [1.29, 1.82) is 0 Å². The molecule has 1 aromatic rings. The maximum Gasteiger partial charge on any atom is 0.306 e. The third-order valence-corrected chi connectivity index (χ3v) is 4.57. The lowest BCUT2D eigenvalue weighted by Gasteiger charge is -2.35. The van der Waals surface area contributed by atoms with Crippen molar-refractivity contribution in [1.82, 2.24) is 0 Å². The van der Waals surface area contributed by atoms with Gasteiger partial charge in [0.25, 0.3) is 0 Å². The van der Waals surface area contributed by atoms with Crippen molar-refractivity contribution in [2.24, 2.45) is 11.8 Å². The van der Waals surface area contributed by atoms with Crippen LogP contribution >= 0.6 is 0 Å². The van der Waals surface area contributed by atoms with Crippen LogP contribution in [-0.2, 0) is 9.59 Å². The number of hydrogen-bond acceptors (Lipinski definition) is 3. The molecule has 3 atom stereocenters. The summed E-state index contributed by atoms with van der Waals surface area (Å²) >= 11 is 0. The number of aryl methyl sites for hydroxylation is 1. The van der Waals surface area contributed by atoms with Crippen LogP contribution in [0.15, 0.2) is 18.2 Å². The van der Waals surface area contributed by atoms with Gasteiger partial charge < -0.3 is 14.7 Å². The van der Waals surface area contributed by atoms with E-state index in [9.17, 15) is 9.59 Å². The molecule has 2 aliphatic rings. The molecule has 0 radical (unpaired) electrons. The Balaban J connectivity index is 1.83. The molecular formula is C17H21NO4. The number of hydrogen-bond donors (Lipinski definition) is 1. The SMILES string of the molecule is Cc1ccc2c(c1)OC(C)CN2C(=O)[C@@H]1CC[C@H](C(=O)O)C1. The van der Waals surface area contributed by atoms with Crippen molar-refractivity contribution < 1.29 is 19.4 Å². The summed E-state index contributed by atoms with van der Waals surface area (Å²) in [6.45, 7) is 4.45. The summed E-state index contributed by atoms with van der Waals surface area (Å²) in [4.78, 5) is 25.7. The Kier molecular flexibility index (Phi) is 3.81. The van der Waals surface area contributed by atoms with Gasteiger partial charge in [0.2, 0.25) is 5.91 Å². The maximum absolute atomic E-state index is 12.8. The lowest BCUT2D eigenvalue weighted by Crippen LogP contribution is -2.44. The number of amides is 1. The van der Waals surface area contributed by atoms with Crippen molar-refractivity contribution in [2.75, 3.05) is 11.4 Å². The molecule has 22 heavy (non-hydrogen) atoms. The van der Waals surface area contributed by atoms with E-state index in [0.717, 1.165) is 17.0 Å². The van der Waals surface area contributed by atoms with Gasteiger partial charge in [0.15, 0.2) is 0 Å². The Morgan fingerprint density at radius 2 is 2.00 bits per heavy atom. The highest BCUT2D eigenvalue weighted by Crippen LogP contribution is 2.38. The van der Waals surface area contributed by atoms with Gasteiger partial charge in [-0.25, -0.2) is 0 Å². The summed E-state index contributed by atoms with van der Waals surface area (Å²) in [6, 6.07) is 5.82. The largest absolute Gasteiger partial charge is 0.487 e. The zero-order valence-corrected chi connectivity index (χ0v) is 12.9. The molecular weight excluding hydrogens is 282 g/mol. The van der Waals surface area contributed by atoms with Crippen LogP contribution in [0.3, 0.4) is 0 Å². The van der Waals surface area contributed by atoms with Gasteiger partial charge >= 0.3 is 5.97 Å². The highest BCUT2D eigenvalue weighted by Gasteiger charge is 2.38. The van der Waals surface area contributed by atoms with Crippen LogP contribution in [-0.4, -0.2) is 29.6 Å². The van der Waals surface area contributed by atoms with E-state index in [1.54, 1.807) is 4.90 Å². The number of ether oxygens (including phenoxy) is 1. The quantitative estimate of drug-likeness (QED) is 0.912.